The van der Waals surface area contributed by atoms with Crippen LogP contribution < -0.4 is 4.74 Å². The lowest BCUT2D eigenvalue weighted by Crippen LogP contribution is -2.44. The Bertz CT molecular complexity index is 879. The van der Waals surface area contributed by atoms with Gasteiger partial charge < -0.3 is 18.6 Å². The molecule has 9 heteroatoms. The maximum absolute atomic E-state index is 12.7. The van der Waals surface area contributed by atoms with Crippen molar-refractivity contribution in [3.63, 3.8) is 0 Å². The van der Waals surface area contributed by atoms with E-state index in [2.05, 4.69) is 15.1 Å². The maximum Gasteiger partial charge on any atom is 0.316 e. The lowest BCUT2D eigenvalue weighted by Gasteiger charge is -2.31. The number of carbonyl (C=O) groups is 1. The molecule has 1 aliphatic rings. The van der Waals surface area contributed by atoms with E-state index in [0.717, 1.165) is 12.8 Å². The Balaban J connectivity index is 1.42. The fourth-order valence-electron chi connectivity index (χ4n) is 2.80. The van der Waals surface area contributed by atoms with E-state index in [0.29, 0.717) is 29.6 Å². The first-order valence-electron chi connectivity index (χ1n) is 8.13. The van der Waals surface area contributed by atoms with Crippen LogP contribution in [0.5, 0.6) is 6.01 Å². The lowest BCUT2D eigenvalue weighted by molar-refractivity contribution is 0.0507. The summed E-state index contributed by atoms with van der Waals surface area (Å²) in [5, 5.41) is 4.30. The first-order valence-corrected chi connectivity index (χ1v) is 8.51. The second kappa shape index (κ2) is 7.17. The molecule has 1 atom stereocenters. The molecule has 1 fully saturated rings. The average molecular weight is 375 g/mol. The summed E-state index contributed by atoms with van der Waals surface area (Å²) in [6, 6.07) is 5.31. The van der Waals surface area contributed by atoms with Gasteiger partial charge in [-0.25, -0.2) is 9.97 Å². The molecule has 0 aromatic carbocycles. The summed E-state index contributed by atoms with van der Waals surface area (Å²) >= 11 is 5.77. The molecule has 8 nitrogen and oxygen atoms in total. The van der Waals surface area contributed by atoms with Crippen molar-refractivity contribution in [1.82, 2.24) is 20.0 Å². The number of hydrogen-bond donors (Lipinski definition) is 0. The van der Waals surface area contributed by atoms with Gasteiger partial charge in [0, 0.05) is 12.6 Å². The monoisotopic (exact) mass is 374 g/mol. The molecule has 3 aromatic rings. The number of amides is 1. The second-order valence-electron chi connectivity index (χ2n) is 5.87. The Hall–Kier alpha value is -2.87. The zero-order valence-corrected chi connectivity index (χ0v) is 14.4. The summed E-state index contributed by atoms with van der Waals surface area (Å²) < 4.78 is 16.2. The fourth-order valence-corrected chi connectivity index (χ4v) is 2.90. The van der Waals surface area contributed by atoms with Gasteiger partial charge in [-0.2, -0.15) is 0 Å². The smallest absolute Gasteiger partial charge is 0.316 e. The van der Waals surface area contributed by atoms with Gasteiger partial charge >= 0.3 is 6.01 Å². The molecule has 0 N–H and O–H groups in total. The molecule has 0 aliphatic carbocycles. The summed E-state index contributed by atoms with van der Waals surface area (Å²) in [5.74, 6) is 0.728. The van der Waals surface area contributed by atoms with Gasteiger partial charge in [-0.3, -0.25) is 4.79 Å². The first kappa shape index (κ1) is 16.6. The quantitative estimate of drug-likeness (QED) is 0.692. The number of halogens is 1. The molecule has 4 heterocycles. The van der Waals surface area contributed by atoms with Gasteiger partial charge in [0.15, 0.2) is 11.5 Å². The molecule has 1 aliphatic heterocycles. The highest BCUT2D eigenvalue weighted by molar-refractivity contribution is 6.30. The minimum atomic E-state index is -0.211. The number of furan rings is 1. The topological polar surface area (TPSA) is 94.5 Å². The number of ether oxygens (including phenoxy) is 1. The minimum absolute atomic E-state index is 0.190. The van der Waals surface area contributed by atoms with Crippen molar-refractivity contribution >= 4 is 17.5 Å². The Labute approximate surface area is 153 Å². The van der Waals surface area contributed by atoms with Gasteiger partial charge in [-0.05, 0) is 25.0 Å². The Kier molecular flexibility index (Phi) is 4.57. The van der Waals surface area contributed by atoms with Gasteiger partial charge in [0.2, 0.25) is 5.76 Å². The number of piperidine rings is 1. The summed E-state index contributed by atoms with van der Waals surface area (Å²) in [7, 11) is 0. The molecule has 0 radical (unpaired) electrons. The second-order valence-corrected chi connectivity index (χ2v) is 6.31. The van der Waals surface area contributed by atoms with Gasteiger partial charge in [-0.1, -0.05) is 16.8 Å². The molecule has 4 rings (SSSR count). The molecule has 1 unspecified atom stereocenters. The molecular weight excluding hydrogens is 360 g/mol. The van der Waals surface area contributed by atoms with Crippen LogP contribution in [0.1, 0.15) is 23.3 Å². The number of rotatable bonds is 4. The van der Waals surface area contributed by atoms with Crippen molar-refractivity contribution in [2.75, 3.05) is 13.1 Å². The Morgan fingerprint density at radius 3 is 2.92 bits per heavy atom. The number of nitrogens with zero attached hydrogens (tertiary/aromatic N) is 4. The van der Waals surface area contributed by atoms with Crippen LogP contribution in [0.3, 0.4) is 0 Å². The van der Waals surface area contributed by atoms with Crippen molar-refractivity contribution in [2.45, 2.75) is 18.9 Å². The van der Waals surface area contributed by atoms with Crippen LogP contribution in [-0.4, -0.2) is 45.1 Å². The predicted octanol–water partition coefficient (Wildman–Crippen LogP) is 3.06. The van der Waals surface area contributed by atoms with Crippen LogP contribution in [-0.2, 0) is 0 Å². The van der Waals surface area contributed by atoms with Crippen LogP contribution >= 0.6 is 11.6 Å². The third kappa shape index (κ3) is 3.55. The summed E-state index contributed by atoms with van der Waals surface area (Å²) in [4.78, 5) is 22.4. The fraction of sp³-hybridized carbons (Fsp3) is 0.294. The zero-order chi connectivity index (χ0) is 17.9. The largest absolute Gasteiger partial charge is 0.461 e. The molecule has 26 heavy (non-hydrogen) atoms. The SMILES string of the molecule is O=C(c1cc(-c2ccco2)on1)N1CCCC(Oc2ncc(Cl)cn2)C1. The van der Waals surface area contributed by atoms with Crippen LogP contribution in [0.4, 0.5) is 0 Å². The van der Waals surface area contributed by atoms with Crippen molar-refractivity contribution in [3.05, 3.63) is 47.6 Å². The molecule has 3 aromatic heterocycles. The molecular formula is C17H15ClN4O4. The zero-order valence-electron chi connectivity index (χ0n) is 13.7. The molecule has 0 spiro atoms. The van der Waals surface area contributed by atoms with Crippen molar-refractivity contribution in [1.29, 1.82) is 0 Å². The maximum atomic E-state index is 12.7. The van der Waals surface area contributed by atoms with E-state index < -0.39 is 0 Å². The van der Waals surface area contributed by atoms with Crippen molar-refractivity contribution < 1.29 is 18.5 Å². The third-order valence-corrected chi connectivity index (χ3v) is 4.22. The third-order valence-electron chi connectivity index (χ3n) is 4.03. The van der Waals surface area contributed by atoms with E-state index in [4.69, 9.17) is 25.3 Å². The highest BCUT2D eigenvalue weighted by Gasteiger charge is 2.28. The van der Waals surface area contributed by atoms with E-state index in [1.54, 1.807) is 23.1 Å². The molecule has 1 saturated heterocycles. The van der Waals surface area contributed by atoms with Crippen LogP contribution in [0.15, 0.2) is 45.8 Å². The normalized spacial score (nSPS) is 17.3. The number of aromatic nitrogens is 3. The minimum Gasteiger partial charge on any atom is -0.461 e. The van der Waals surface area contributed by atoms with E-state index >= 15 is 0 Å². The first-order chi connectivity index (χ1) is 12.7. The van der Waals surface area contributed by atoms with Gasteiger partial charge in [-0.15, -0.1) is 0 Å². The average Bonchev–Trinajstić information content (AvgIpc) is 3.35. The van der Waals surface area contributed by atoms with Crippen molar-refractivity contribution in [3.8, 4) is 17.5 Å². The van der Waals surface area contributed by atoms with Crippen LogP contribution in [0.2, 0.25) is 5.02 Å². The Morgan fingerprint density at radius 2 is 2.15 bits per heavy atom. The van der Waals surface area contributed by atoms with Crippen molar-refractivity contribution in [2.24, 2.45) is 0 Å². The molecule has 0 bridgehead atoms. The van der Waals surface area contributed by atoms with Crippen LogP contribution in [0.25, 0.3) is 11.5 Å². The highest BCUT2D eigenvalue weighted by Crippen LogP contribution is 2.23. The van der Waals surface area contributed by atoms with E-state index in [9.17, 15) is 4.79 Å². The van der Waals surface area contributed by atoms with Gasteiger partial charge in [0.1, 0.15) is 6.10 Å². The van der Waals surface area contributed by atoms with E-state index in [1.165, 1.54) is 18.7 Å². The van der Waals surface area contributed by atoms with E-state index in [-0.39, 0.29) is 23.7 Å². The number of likely N-dealkylation sites (tertiary alicyclic amines) is 1. The summed E-state index contributed by atoms with van der Waals surface area (Å²) in [6.07, 6.45) is 5.91. The van der Waals surface area contributed by atoms with Gasteiger partial charge in [0.05, 0.1) is 30.2 Å². The number of carbonyl (C=O) groups excluding carboxylic acids is 1. The Morgan fingerprint density at radius 1 is 1.31 bits per heavy atom. The predicted molar refractivity (Wildman–Crippen MR) is 90.8 cm³/mol. The molecule has 1 amide bonds. The molecule has 134 valence electrons. The van der Waals surface area contributed by atoms with E-state index in [1.807, 2.05) is 0 Å². The molecule has 0 saturated carbocycles. The number of hydrogen-bond acceptors (Lipinski definition) is 7. The lowest BCUT2D eigenvalue weighted by atomic mass is 10.1. The summed E-state index contributed by atoms with van der Waals surface area (Å²) in [5.41, 5.74) is 0.236. The highest BCUT2D eigenvalue weighted by atomic mass is 35.5. The van der Waals surface area contributed by atoms with Crippen LogP contribution in [0, 0.1) is 0 Å². The van der Waals surface area contributed by atoms with Gasteiger partial charge in [0.25, 0.3) is 5.91 Å². The standard InChI is InChI=1S/C17H15ClN4O4/c18-11-8-19-17(20-9-11)25-12-3-1-5-22(10-12)16(23)13-7-15(26-21-13)14-4-2-6-24-14/h2,4,6-9,12H,1,3,5,10H2. The summed E-state index contributed by atoms with van der Waals surface area (Å²) in [6.45, 7) is 1.05.